The van der Waals surface area contributed by atoms with E-state index in [-0.39, 0.29) is 5.69 Å². The number of benzene rings is 1. The molecule has 2 N–H and O–H groups in total. The van der Waals surface area contributed by atoms with E-state index < -0.39 is 17.5 Å². The van der Waals surface area contributed by atoms with Crippen LogP contribution in [-0.4, -0.2) is 16.0 Å². The van der Waals surface area contributed by atoms with Gasteiger partial charge in [0.05, 0.1) is 5.69 Å². The van der Waals surface area contributed by atoms with Crippen molar-refractivity contribution >= 4 is 17.3 Å². The number of aryl methyl sites for hydroxylation is 1. The summed E-state index contributed by atoms with van der Waals surface area (Å²) in [6.45, 7) is 1.73. The first kappa shape index (κ1) is 17.5. The highest BCUT2D eigenvalue weighted by molar-refractivity contribution is 5.60. The van der Waals surface area contributed by atoms with Crippen LogP contribution in [0.15, 0.2) is 18.2 Å². The van der Waals surface area contributed by atoms with Crippen LogP contribution >= 0.6 is 0 Å². The average molecular weight is 350 g/mol. The summed E-state index contributed by atoms with van der Waals surface area (Å²) in [6.07, 6.45) is 7.05. The number of rotatable bonds is 4. The number of hydrogen-bond acceptors (Lipinski definition) is 4. The standard InChI is InChI=1S/C18H21F3N4/c1-11-22-15(24-12-6-4-2-3-5-7-12)10-16(23-11)25-14-9-8-13(19)17(20)18(14)21/h8-10,12H,2-7H2,1H3,(H2,22,23,24,25). The lowest BCUT2D eigenvalue weighted by Crippen LogP contribution is -2.19. The zero-order valence-electron chi connectivity index (χ0n) is 14.1. The van der Waals surface area contributed by atoms with Crippen molar-refractivity contribution in [3.05, 3.63) is 41.5 Å². The van der Waals surface area contributed by atoms with Gasteiger partial charge in [0, 0.05) is 12.1 Å². The molecule has 7 heteroatoms. The molecule has 0 amide bonds. The number of nitrogens with zero attached hydrogens (tertiary/aromatic N) is 2. The molecule has 0 unspecified atom stereocenters. The molecule has 25 heavy (non-hydrogen) atoms. The minimum absolute atomic E-state index is 0.169. The summed E-state index contributed by atoms with van der Waals surface area (Å²) in [4.78, 5) is 8.55. The van der Waals surface area contributed by atoms with E-state index in [1.54, 1.807) is 13.0 Å². The molecule has 0 atom stereocenters. The molecule has 0 radical (unpaired) electrons. The van der Waals surface area contributed by atoms with Crippen molar-refractivity contribution in [2.24, 2.45) is 0 Å². The summed E-state index contributed by atoms with van der Waals surface area (Å²) in [5.41, 5.74) is -0.169. The van der Waals surface area contributed by atoms with Crippen LogP contribution in [0, 0.1) is 24.4 Å². The summed E-state index contributed by atoms with van der Waals surface area (Å²) in [5, 5.41) is 6.10. The molecule has 4 nitrogen and oxygen atoms in total. The van der Waals surface area contributed by atoms with E-state index in [0.29, 0.717) is 23.5 Å². The third kappa shape index (κ3) is 4.41. The van der Waals surface area contributed by atoms with Gasteiger partial charge in [0.2, 0.25) is 0 Å². The number of aromatic nitrogens is 2. The van der Waals surface area contributed by atoms with Gasteiger partial charge in [-0.05, 0) is 31.9 Å². The Morgan fingerprint density at radius 1 is 0.920 bits per heavy atom. The monoisotopic (exact) mass is 350 g/mol. The molecule has 0 spiro atoms. The van der Waals surface area contributed by atoms with Crippen LogP contribution in [0.2, 0.25) is 0 Å². The maximum atomic E-state index is 13.8. The van der Waals surface area contributed by atoms with Gasteiger partial charge in [0.1, 0.15) is 17.5 Å². The Balaban J connectivity index is 1.78. The lowest BCUT2D eigenvalue weighted by Gasteiger charge is -2.18. The maximum absolute atomic E-state index is 13.8. The Morgan fingerprint density at radius 2 is 1.60 bits per heavy atom. The van der Waals surface area contributed by atoms with Crippen LogP contribution in [0.25, 0.3) is 0 Å². The fourth-order valence-electron chi connectivity index (χ4n) is 3.10. The van der Waals surface area contributed by atoms with Crippen LogP contribution < -0.4 is 10.6 Å². The molecule has 1 aromatic carbocycles. The second-order valence-electron chi connectivity index (χ2n) is 6.37. The minimum atomic E-state index is -1.51. The third-order valence-electron chi connectivity index (χ3n) is 4.34. The Morgan fingerprint density at radius 3 is 2.32 bits per heavy atom. The molecule has 1 aliphatic carbocycles. The Hall–Kier alpha value is -2.31. The summed E-state index contributed by atoms with van der Waals surface area (Å²) in [7, 11) is 0. The second-order valence-corrected chi connectivity index (χ2v) is 6.37. The normalized spacial score (nSPS) is 15.7. The quantitative estimate of drug-likeness (QED) is 0.596. The topological polar surface area (TPSA) is 49.8 Å². The summed E-state index contributed by atoms with van der Waals surface area (Å²) >= 11 is 0. The van der Waals surface area contributed by atoms with Crippen molar-refractivity contribution in [3.8, 4) is 0 Å². The highest BCUT2D eigenvalue weighted by Gasteiger charge is 2.16. The predicted octanol–water partition coefficient (Wildman–Crippen LogP) is 5.08. The molecule has 1 aromatic heterocycles. The number of hydrogen-bond donors (Lipinski definition) is 2. The van der Waals surface area contributed by atoms with Gasteiger partial charge in [-0.3, -0.25) is 0 Å². The van der Waals surface area contributed by atoms with Crippen molar-refractivity contribution in [1.29, 1.82) is 0 Å². The Labute approximate surface area is 144 Å². The summed E-state index contributed by atoms with van der Waals surface area (Å²) < 4.78 is 40.2. The molecule has 1 saturated carbocycles. The Bertz CT molecular complexity index is 743. The highest BCUT2D eigenvalue weighted by Crippen LogP contribution is 2.25. The van der Waals surface area contributed by atoms with Gasteiger partial charge in [-0.1, -0.05) is 25.7 Å². The van der Waals surface area contributed by atoms with E-state index in [1.165, 1.54) is 25.7 Å². The SMILES string of the molecule is Cc1nc(Nc2ccc(F)c(F)c2F)cc(NC2CCCCCC2)n1. The molecule has 1 fully saturated rings. The van der Waals surface area contributed by atoms with Gasteiger partial charge in [0.15, 0.2) is 17.5 Å². The Kier molecular flexibility index (Phi) is 5.40. The number of halogens is 3. The minimum Gasteiger partial charge on any atom is -0.367 e. The largest absolute Gasteiger partial charge is 0.367 e. The molecule has 0 saturated heterocycles. The first-order chi connectivity index (χ1) is 12.0. The van der Waals surface area contributed by atoms with Gasteiger partial charge in [-0.2, -0.15) is 0 Å². The second kappa shape index (κ2) is 7.72. The molecule has 3 rings (SSSR count). The zero-order chi connectivity index (χ0) is 17.8. The molecule has 0 bridgehead atoms. The fourth-order valence-corrected chi connectivity index (χ4v) is 3.10. The van der Waals surface area contributed by atoms with E-state index >= 15 is 0 Å². The van der Waals surface area contributed by atoms with Crippen molar-refractivity contribution in [2.45, 2.75) is 51.5 Å². The first-order valence-corrected chi connectivity index (χ1v) is 8.55. The van der Waals surface area contributed by atoms with Crippen LogP contribution in [0.5, 0.6) is 0 Å². The molecule has 1 aliphatic rings. The van der Waals surface area contributed by atoms with E-state index in [0.717, 1.165) is 25.0 Å². The van der Waals surface area contributed by atoms with Gasteiger partial charge >= 0.3 is 0 Å². The molecule has 1 heterocycles. The van der Waals surface area contributed by atoms with Gasteiger partial charge < -0.3 is 10.6 Å². The molecule has 0 aliphatic heterocycles. The summed E-state index contributed by atoms with van der Waals surface area (Å²) in [6, 6.07) is 4.02. The van der Waals surface area contributed by atoms with Crippen molar-refractivity contribution in [1.82, 2.24) is 9.97 Å². The van der Waals surface area contributed by atoms with Crippen LogP contribution in [-0.2, 0) is 0 Å². The summed E-state index contributed by atoms with van der Waals surface area (Å²) in [5.74, 6) is -2.53. The maximum Gasteiger partial charge on any atom is 0.196 e. The molecule has 2 aromatic rings. The van der Waals surface area contributed by atoms with Gasteiger partial charge in [0.25, 0.3) is 0 Å². The zero-order valence-corrected chi connectivity index (χ0v) is 14.1. The predicted molar refractivity (Wildman–Crippen MR) is 91.5 cm³/mol. The first-order valence-electron chi connectivity index (χ1n) is 8.55. The van der Waals surface area contributed by atoms with E-state index in [1.807, 2.05) is 0 Å². The van der Waals surface area contributed by atoms with Crippen LogP contribution in [0.1, 0.15) is 44.3 Å². The molecular weight excluding hydrogens is 329 g/mol. The molecule has 134 valence electrons. The van der Waals surface area contributed by atoms with Gasteiger partial charge in [-0.15, -0.1) is 0 Å². The highest BCUT2D eigenvalue weighted by atomic mass is 19.2. The van der Waals surface area contributed by atoms with Crippen LogP contribution in [0.3, 0.4) is 0 Å². The lowest BCUT2D eigenvalue weighted by molar-refractivity contribution is 0.449. The van der Waals surface area contributed by atoms with Crippen LogP contribution in [0.4, 0.5) is 30.5 Å². The fraction of sp³-hybridized carbons (Fsp3) is 0.444. The van der Waals surface area contributed by atoms with Crippen molar-refractivity contribution in [2.75, 3.05) is 10.6 Å². The van der Waals surface area contributed by atoms with E-state index in [2.05, 4.69) is 20.6 Å². The van der Waals surface area contributed by atoms with Crippen molar-refractivity contribution < 1.29 is 13.2 Å². The third-order valence-corrected chi connectivity index (χ3v) is 4.34. The van der Waals surface area contributed by atoms with E-state index in [9.17, 15) is 13.2 Å². The lowest BCUT2D eigenvalue weighted by atomic mass is 10.1. The van der Waals surface area contributed by atoms with E-state index in [4.69, 9.17) is 0 Å². The number of anilines is 3. The average Bonchev–Trinajstić information content (AvgIpc) is 2.84. The molecular formula is C18H21F3N4. The smallest absolute Gasteiger partial charge is 0.196 e. The number of nitrogens with one attached hydrogen (secondary N) is 2. The van der Waals surface area contributed by atoms with Crippen molar-refractivity contribution in [3.63, 3.8) is 0 Å². The van der Waals surface area contributed by atoms with Gasteiger partial charge in [-0.25, -0.2) is 23.1 Å².